The molecule has 1 aromatic carbocycles. The number of aryl methyl sites for hydroxylation is 1. The summed E-state index contributed by atoms with van der Waals surface area (Å²) in [6.45, 7) is 8.40. The quantitative estimate of drug-likeness (QED) is 0.847. The molecule has 0 bridgehead atoms. The van der Waals surface area contributed by atoms with Gasteiger partial charge in [-0.2, -0.15) is 0 Å². The predicted molar refractivity (Wildman–Crippen MR) is 88.3 cm³/mol. The Morgan fingerprint density at radius 2 is 2.18 bits per heavy atom. The van der Waals surface area contributed by atoms with Crippen molar-refractivity contribution in [1.29, 1.82) is 0 Å². The lowest BCUT2D eigenvalue weighted by Gasteiger charge is -2.30. The molecule has 1 aliphatic heterocycles. The second-order valence-electron chi connectivity index (χ2n) is 5.75. The van der Waals surface area contributed by atoms with Crippen molar-refractivity contribution in [2.75, 3.05) is 19.7 Å². The van der Waals surface area contributed by atoms with Gasteiger partial charge >= 0.3 is 0 Å². The first-order chi connectivity index (χ1) is 10.7. The summed E-state index contributed by atoms with van der Waals surface area (Å²) in [7, 11) is 0. The molecule has 2 heterocycles. The van der Waals surface area contributed by atoms with E-state index in [1.165, 1.54) is 5.56 Å². The van der Waals surface area contributed by atoms with Gasteiger partial charge in [-0.15, -0.1) is 11.3 Å². The van der Waals surface area contributed by atoms with E-state index in [1.807, 2.05) is 12.1 Å². The van der Waals surface area contributed by atoms with Gasteiger partial charge < -0.3 is 9.47 Å². The standard InChI is InChI=1S/C17H22N2O2S/c1-13-3-5-16(6-4-13)21-11-17-18-15(12-22-17)10-19-7-8-20-14(2)9-19/h3-6,12,14H,7-11H2,1-2H3. The summed E-state index contributed by atoms with van der Waals surface area (Å²) in [5.74, 6) is 0.893. The van der Waals surface area contributed by atoms with Gasteiger partial charge in [0.05, 0.1) is 18.4 Å². The zero-order chi connectivity index (χ0) is 15.4. The van der Waals surface area contributed by atoms with Crippen LogP contribution in [0.2, 0.25) is 0 Å². The highest BCUT2D eigenvalue weighted by molar-refractivity contribution is 7.09. The Hall–Kier alpha value is -1.43. The number of hydrogen-bond acceptors (Lipinski definition) is 5. The molecule has 5 heteroatoms. The Kier molecular flexibility index (Phi) is 5.08. The van der Waals surface area contributed by atoms with Gasteiger partial charge in [-0.25, -0.2) is 4.98 Å². The van der Waals surface area contributed by atoms with Crippen LogP contribution in [0.25, 0.3) is 0 Å². The van der Waals surface area contributed by atoms with Crippen LogP contribution in [0, 0.1) is 6.92 Å². The highest BCUT2D eigenvalue weighted by Gasteiger charge is 2.17. The van der Waals surface area contributed by atoms with Crippen LogP contribution >= 0.6 is 11.3 Å². The molecule has 4 nitrogen and oxygen atoms in total. The Bertz CT molecular complexity index is 597. The molecule has 1 atom stereocenters. The maximum absolute atomic E-state index is 5.78. The third-order valence-corrected chi connectivity index (χ3v) is 4.56. The summed E-state index contributed by atoms with van der Waals surface area (Å²) in [5.41, 5.74) is 2.37. The van der Waals surface area contributed by atoms with Crippen LogP contribution < -0.4 is 4.74 Å². The van der Waals surface area contributed by atoms with Crippen molar-refractivity contribution in [3.05, 3.63) is 45.9 Å². The molecule has 0 spiro atoms. The summed E-state index contributed by atoms with van der Waals surface area (Å²) >= 11 is 1.67. The third kappa shape index (κ3) is 4.29. The molecule has 0 saturated carbocycles. The fourth-order valence-corrected chi connectivity index (χ4v) is 3.23. The second kappa shape index (κ2) is 7.22. The van der Waals surface area contributed by atoms with Crippen LogP contribution in [-0.4, -0.2) is 35.7 Å². The number of thiazole rings is 1. The SMILES string of the molecule is Cc1ccc(OCc2nc(CN3CCOC(C)C3)cs2)cc1. The molecule has 2 aromatic rings. The van der Waals surface area contributed by atoms with E-state index in [0.717, 1.165) is 42.7 Å². The normalized spacial score (nSPS) is 19.3. The molecule has 3 rings (SSSR count). The molecule has 1 unspecified atom stereocenters. The Labute approximate surface area is 135 Å². The third-order valence-electron chi connectivity index (χ3n) is 3.69. The van der Waals surface area contributed by atoms with Crippen LogP contribution in [0.15, 0.2) is 29.6 Å². The number of benzene rings is 1. The van der Waals surface area contributed by atoms with Crippen molar-refractivity contribution in [3.8, 4) is 5.75 Å². The Balaban J connectivity index is 1.51. The molecule has 1 aliphatic rings. The molecule has 1 aromatic heterocycles. The van der Waals surface area contributed by atoms with Gasteiger partial charge in [0, 0.05) is 25.0 Å². The molecule has 1 saturated heterocycles. The highest BCUT2D eigenvalue weighted by atomic mass is 32.1. The van der Waals surface area contributed by atoms with E-state index in [1.54, 1.807) is 11.3 Å². The van der Waals surface area contributed by atoms with Crippen LogP contribution in [0.1, 0.15) is 23.2 Å². The molecule has 22 heavy (non-hydrogen) atoms. The van der Waals surface area contributed by atoms with Crippen molar-refractivity contribution >= 4 is 11.3 Å². The van der Waals surface area contributed by atoms with E-state index in [9.17, 15) is 0 Å². The molecule has 0 radical (unpaired) electrons. The van der Waals surface area contributed by atoms with Crippen molar-refractivity contribution in [2.24, 2.45) is 0 Å². The molecule has 118 valence electrons. The van der Waals surface area contributed by atoms with Gasteiger partial charge in [-0.1, -0.05) is 17.7 Å². The lowest BCUT2D eigenvalue weighted by molar-refractivity contribution is -0.0215. The summed E-state index contributed by atoms with van der Waals surface area (Å²) in [6.07, 6.45) is 0.316. The number of hydrogen-bond donors (Lipinski definition) is 0. The zero-order valence-electron chi connectivity index (χ0n) is 13.1. The average molecular weight is 318 g/mol. The van der Waals surface area contributed by atoms with Gasteiger partial charge in [0.25, 0.3) is 0 Å². The average Bonchev–Trinajstić information content (AvgIpc) is 2.94. The Morgan fingerprint density at radius 1 is 1.36 bits per heavy atom. The van der Waals surface area contributed by atoms with Gasteiger partial charge in [-0.3, -0.25) is 4.90 Å². The molecule has 0 N–H and O–H groups in total. The van der Waals surface area contributed by atoms with Crippen LogP contribution in [0.4, 0.5) is 0 Å². The van der Waals surface area contributed by atoms with E-state index in [4.69, 9.17) is 9.47 Å². The Morgan fingerprint density at radius 3 is 2.95 bits per heavy atom. The first-order valence-corrected chi connectivity index (χ1v) is 8.54. The van der Waals surface area contributed by atoms with Gasteiger partial charge in [-0.05, 0) is 26.0 Å². The number of nitrogens with zero attached hydrogens (tertiary/aromatic N) is 2. The minimum atomic E-state index is 0.316. The van der Waals surface area contributed by atoms with Gasteiger partial charge in [0.2, 0.25) is 0 Å². The van der Waals surface area contributed by atoms with Crippen molar-refractivity contribution in [1.82, 2.24) is 9.88 Å². The minimum absolute atomic E-state index is 0.316. The van der Waals surface area contributed by atoms with E-state index in [2.05, 4.69) is 41.2 Å². The van der Waals surface area contributed by atoms with Gasteiger partial charge in [0.15, 0.2) is 0 Å². The number of aromatic nitrogens is 1. The molecule has 0 aliphatic carbocycles. The molecule has 1 fully saturated rings. The van der Waals surface area contributed by atoms with E-state index >= 15 is 0 Å². The summed E-state index contributed by atoms with van der Waals surface area (Å²) < 4.78 is 11.3. The summed E-state index contributed by atoms with van der Waals surface area (Å²) in [4.78, 5) is 7.07. The van der Waals surface area contributed by atoms with Crippen molar-refractivity contribution in [2.45, 2.75) is 33.1 Å². The maximum atomic E-state index is 5.78. The number of rotatable bonds is 5. The van der Waals surface area contributed by atoms with Crippen molar-refractivity contribution < 1.29 is 9.47 Å². The van der Waals surface area contributed by atoms with Crippen molar-refractivity contribution in [3.63, 3.8) is 0 Å². The van der Waals surface area contributed by atoms with Gasteiger partial charge in [0.1, 0.15) is 17.4 Å². The maximum Gasteiger partial charge on any atom is 0.140 e. The van der Waals surface area contributed by atoms with E-state index < -0.39 is 0 Å². The number of morpholine rings is 1. The summed E-state index contributed by atoms with van der Waals surface area (Å²) in [5, 5.41) is 3.16. The number of ether oxygens (including phenoxy) is 2. The molecular formula is C17H22N2O2S. The minimum Gasteiger partial charge on any atom is -0.486 e. The largest absolute Gasteiger partial charge is 0.486 e. The second-order valence-corrected chi connectivity index (χ2v) is 6.69. The zero-order valence-corrected chi connectivity index (χ0v) is 13.9. The lowest BCUT2D eigenvalue weighted by Crippen LogP contribution is -2.40. The molecular weight excluding hydrogens is 296 g/mol. The fraction of sp³-hybridized carbons (Fsp3) is 0.471. The van der Waals surface area contributed by atoms with E-state index in [-0.39, 0.29) is 0 Å². The first-order valence-electron chi connectivity index (χ1n) is 7.66. The van der Waals surface area contributed by atoms with Crippen LogP contribution in [-0.2, 0) is 17.9 Å². The molecule has 0 amide bonds. The lowest BCUT2D eigenvalue weighted by atomic mass is 10.2. The summed E-state index contributed by atoms with van der Waals surface area (Å²) in [6, 6.07) is 8.11. The van der Waals surface area contributed by atoms with Crippen LogP contribution in [0.5, 0.6) is 5.75 Å². The predicted octanol–water partition coefficient (Wildman–Crippen LogP) is 3.25. The fourth-order valence-electron chi connectivity index (χ4n) is 2.53. The smallest absolute Gasteiger partial charge is 0.140 e. The van der Waals surface area contributed by atoms with E-state index in [0.29, 0.717) is 12.7 Å². The highest BCUT2D eigenvalue weighted by Crippen LogP contribution is 2.17. The monoisotopic (exact) mass is 318 g/mol. The van der Waals surface area contributed by atoms with Crippen LogP contribution in [0.3, 0.4) is 0 Å². The topological polar surface area (TPSA) is 34.6 Å². The first kappa shape index (κ1) is 15.5.